The Balaban J connectivity index is 2.15. The summed E-state index contributed by atoms with van der Waals surface area (Å²) in [6.07, 6.45) is 2.05. The fraction of sp³-hybridized carbons (Fsp3) is 0.529. The Labute approximate surface area is 155 Å². The molecule has 0 aliphatic carbocycles. The molecule has 0 saturated heterocycles. The zero-order valence-electron chi connectivity index (χ0n) is 14.8. The van der Waals surface area contributed by atoms with Crippen molar-refractivity contribution >= 4 is 28.7 Å². The fourth-order valence-corrected chi connectivity index (χ4v) is 3.54. The molecule has 0 saturated carbocycles. The van der Waals surface area contributed by atoms with Crippen molar-refractivity contribution in [2.75, 3.05) is 5.75 Å². The van der Waals surface area contributed by atoms with Crippen LogP contribution in [0.5, 0.6) is 11.5 Å². The van der Waals surface area contributed by atoms with E-state index < -0.39 is 23.4 Å². The molecule has 0 fully saturated rings. The predicted molar refractivity (Wildman–Crippen MR) is 97.1 cm³/mol. The third-order valence-electron chi connectivity index (χ3n) is 4.14. The lowest BCUT2D eigenvalue weighted by Crippen LogP contribution is -2.33. The van der Waals surface area contributed by atoms with Crippen molar-refractivity contribution in [1.29, 1.82) is 0 Å². The van der Waals surface area contributed by atoms with Crippen LogP contribution in [-0.2, 0) is 9.59 Å². The lowest BCUT2D eigenvalue weighted by Gasteiger charge is -2.19. The molecule has 0 spiro atoms. The number of carboxylic acids is 2. The minimum atomic E-state index is -1.23. The summed E-state index contributed by atoms with van der Waals surface area (Å²) in [5, 5.41) is 28.8. The van der Waals surface area contributed by atoms with E-state index in [1.165, 1.54) is 30.9 Å². The number of carboxylic acid groups (broad SMARTS) is 2. The average Bonchev–Trinajstić information content (AvgIpc) is 2.97. The summed E-state index contributed by atoms with van der Waals surface area (Å²) in [4.78, 5) is 30.6. The summed E-state index contributed by atoms with van der Waals surface area (Å²) in [7, 11) is 0. The lowest BCUT2D eigenvalue weighted by atomic mass is 10.0. The highest BCUT2D eigenvalue weighted by atomic mass is 32.2. The van der Waals surface area contributed by atoms with Crippen LogP contribution in [0, 0.1) is 5.92 Å². The largest absolute Gasteiger partial charge is 0.505 e. The van der Waals surface area contributed by atoms with Gasteiger partial charge in [0.15, 0.2) is 5.54 Å². The van der Waals surface area contributed by atoms with Crippen molar-refractivity contribution in [2.24, 2.45) is 10.9 Å². The maximum Gasteiger partial charge on any atom is 0.332 e. The van der Waals surface area contributed by atoms with Crippen LogP contribution in [0.25, 0.3) is 0 Å². The number of hydrogen-bond donors (Lipinski definition) is 3. The molecule has 0 aromatic carbocycles. The Morgan fingerprint density at radius 1 is 1.42 bits per heavy atom. The third kappa shape index (κ3) is 4.46. The van der Waals surface area contributed by atoms with E-state index in [1.54, 1.807) is 6.92 Å². The van der Waals surface area contributed by atoms with E-state index in [0.29, 0.717) is 23.6 Å². The molecule has 8 nitrogen and oxygen atoms in total. The Morgan fingerprint density at radius 2 is 2.12 bits per heavy atom. The molecule has 1 aromatic heterocycles. The van der Waals surface area contributed by atoms with Gasteiger partial charge in [0.2, 0.25) is 0 Å². The van der Waals surface area contributed by atoms with Gasteiger partial charge in [-0.1, -0.05) is 13.8 Å². The number of carbonyl (C=O) groups is 2. The number of nitrogens with zero attached hydrogens (tertiary/aromatic N) is 2. The Kier molecular flexibility index (Phi) is 6.12. The van der Waals surface area contributed by atoms with Gasteiger partial charge in [0.05, 0.1) is 18.2 Å². The molecule has 2 unspecified atom stereocenters. The number of aliphatic carboxylic acids is 2. The second-order valence-electron chi connectivity index (χ2n) is 6.45. The standard InChI is InChI=1S/C17H22N2O6S/c1-4-10(5-9(2)15(21)22)25-11-6-12(20)13(18-7-11)14-19-17(3,8-26-14)16(23)24/h6-7,9-10,20H,4-5,8H2,1-3H3,(H,21,22)(H,23,24)/t9?,10?,17-/m1/s1. The van der Waals surface area contributed by atoms with Crippen LogP contribution in [0.4, 0.5) is 0 Å². The van der Waals surface area contributed by atoms with Crippen LogP contribution in [0.2, 0.25) is 0 Å². The van der Waals surface area contributed by atoms with Crippen molar-refractivity contribution < 1.29 is 29.6 Å². The second kappa shape index (κ2) is 7.94. The minimum Gasteiger partial charge on any atom is -0.505 e. The average molecular weight is 382 g/mol. The van der Waals surface area contributed by atoms with Gasteiger partial charge in [-0.15, -0.1) is 11.8 Å². The predicted octanol–water partition coefficient (Wildman–Crippen LogP) is 2.39. The first-order chi connectivity index (χ1) is 12.2. The van der Waals surface area contributed by atoms with E-state index in [0.717, 1.165) is 0 Å². The quantitative estimate of drug-likeness (QED) is 0.625. The van der Waals surface area contributed by atoms with E-state index in [-0.39, 0.29) is 23.3 Å². The molecule has 0 amide bonds. The third-order valence-corrected chi connectivity index (χ3v) is 5.40. The van der Waals surface area contributed by atoms with Crippen molar-refractivity contribution in [3.05, 3.63) is 18.0 Å². The molecule has 142 valence electrons. The number of rotatable bonds is 8. The number of hydrogen-bond acceptors (Lipinski definition) is 7. The van der Waals surface area contributed by atoms with E-state index in [1.807, 2.05) is 6.92 Å². The fourth-order valence-electron chi connectivity index (χ4n) is 2.38. The normalized spacial score (nSPS) is 21.7. The number of aliphatic imine (C=N–C) groups is 1. The van der Waals surface area contributed by atoms with Gasteiger partial charge in [0.1, 0.15) is 22.2 Å². The molecule has 2 rings (SSSR count). The molecule has 9 heteroatoms. The second-order valence-corrected chi connectivity index (χ2v) is 7.41. The SMILES string of the molecule is CCC(CC(C)C(=O)O)Oc1cnc(C2=N[C@@](C)(C(=O)O)CS2)c(O)c1. The number of ether oxygens (including phenoxy) is 1. The number of thioether (sulfide) groups is 1. The summed E-state index contributed by atoms with van der Waals surface area (Å²) in [6, 6.07) is 1.38. The maximum atomic E-state index is 11.3. The molecule has 0 bridgehead atoms. The van der Waals surface area contributed by atoms with Crippen LogP contribution < -0.4 is 4.74 Å². The Hall–Kier alpha value is -2.29. The van der Waals surface area contributed by atoms with E-state index in [9.17, 15) is 19.8 Å². The highest BCUT2D eigenvalue weighted by molar-refractivity contribution is 8.14. The molecule has 3 atom stereocenters. The monoisotopic (exact) mass is 382 g/mol. The molecule has 2 heterocycles. The smallest absolute Gasteiger partial charge is 0.332 e. The van der Waals surface area contributed by atoms with Crippen molar-refractivity contribution in [2.45, 2.75) is 45.3 Å². The zero-order chi connectivity index (χ0) is 19.5. The zero-order valence-corrected chi connectivity index (χ0v) is 15.6. The van der Waals surface area contributed by atoms with Crippen molar-refractivity contribution in [3.63, 3.8) is 0 Å². The van der Waals surface area contributed by atoms with Crippen LogP contribution in [0.1, 0.15) is 39.3 Å². The van der Waals surface area contributed by atoms with Gasteiger partial charge in [0, 0.05) is 11.8 Å². The number of pyridine rings is 1. The van der Waals surface area contributed by atoms with Gasteiger partial charge in [-0.05, 0) is 19.8 Å². The molecule has 1 aliphatic heterocycles. The minimum absolute atomic E-state index is 0.162. The van der Waals surface area contributed by atoms with Crippen LogP contribution in [-0.4, -0.2) is 54.7 Å². The molecular formula is C17H22N2O6S. The molecule has 26 heavy (non-hydrogen) atoms. The highest BCUT2D eigenvalue weighted by Crippen LogP contribution is 2.34. The highest BCUT2D eigenvalue weighted by Gasteiger charge is 2.39. The molecular weight excluding hydrogens is 360 g/mol. The van der Waals surface area contributed by atoms with Gasteiger partial charge >= 0.3 is 11.9 Å². The van der Waals surface area contributed by atoms with E-state index >= 15 is 0 Å². The molecule has 3 N–H and O–H groups in total. The van der Waals surface area contributed by atoms with Crippen molar-refractivity contribution in [1.82, 2.24) is 4.98 Å². The lowest BCUT2D eigenvalue weighted by molar-refractivity contribution is -0.142. The topological polar surface area (TPSA) is 129 Å². The van der Waals surface area contributed by atoms with E-state index in [2.05, 4.69) is 9.98 Å². The van der Waals surface area contributed by atoms with Gasteiger partial charge in [-0.2, -0.15) is 0 Å². The van der Waals surface area contributed by atoms with E-state index in [4.69, 9.17) is 9.84 Å². The summed E-state index contributed by atoms with van der Waals surface area (Å²) in [6.45, 7) is 5.01. The van der Waals surface area contributed by atoms with Crippen LogP contribution in [0.15, 0.2) is 17.3 Å². The van der Waals surface area contributed by atoms with Gasteiger partial charge in [-0.3, -0.25) is 9.79 Å². The van der Waals surface area contributed by atoms with Crippen LogP contribution in [0.3, 0.4) is 0 Å². The molecule has 1 aromatic rings. The summed E-state index contributed by atoms with van der Waals surface area (Å²) in [5.41, 5.74) is -1.02. The Bertz CT molecular complexity index is 738. The van der Waals surface area contributed by atoms with Gasteiger partial charge in [-0.25, -0.2) is 9.78 Å². The first kappa shape index (κ1) is 20.0. The van der Waals surface area contributed by atoms with Gasteiger partial charge < -0.3 is 20.1 Å². The summed E-state index contributed by atoms with van der Waals surface area (Å²) in [5.74, 6) is -2.04. The first-order valence-electron chi connectivity index (χ1n) is 8.21. The Morgan fingerprint density at radius 3 is 2.62 bits per heavy atom. The van der Waals surface area contributed by atoms with Crippen LogP contribution >= 0.6 is 11.8 Å². The molecule has 0 radical (unpaired) electrons. The van der Waals surface area contributed by atoms with Crippen molar-refractivity contribution in [3.8, 4) is 11.5 Å². The maximum absolute atomic E-state index is 11.3. The first-order valence-corrected chi connectivity index (χ1v) is 9.19. The summed E-state index contributed by atoms with van der Waals surface area (Å²) >= 11 is 1.22. The number of aromatic hydroxyl groups is 1. The number of aromatic nitrogens is 1. The summed E-state index contributed by atoms with van der Waals surface area (Å²) < 4.78 is 5.74. The molecule has 1 aliphatic rings. The van der Waals surface area contributed by atoms with Gasteiger partial charge in [0.25, 0.3) is 0 Å².